The third-order valence-corrected chi connectivity index (χ3v) is 3.18. The van der Waals surface area contributed by atoms with Gasteiger partial charge in [0.1, 0.15) is 5.82 Å². The molecular formula is C16H13FN2O3. The minimum absolute atomic E-state index is 0.158. The van der Waals surface area contributed by atoms with Crippen LogP contribution >= 0.6 is 0 Å². The first kappa shape index (κ1) is 14.1. The van der Waals surface area contributed by atoms with Crippen molar-refractivity contribution in [1.29, 1.82) is 0 Å². The molecule has 1 amide bonds. The molecule has 0 saturated carbocycles. The Morgan fingerprint density at radius 2 is 2.14 bits per heavy atom. The van der Waals surface area contributed by atoms with Crippen molar-refractivity contribution in [1.82, 2.24) is 10.5 Å². The fourth-order valence-corrected chi connectivity index (χ4v) is 2.01. The second kappa shape index (κ2) is 5.85. The van der Waals surface area contributed by atoms with E-state index in [0.29, 0.717) is 17.1 Å². The van der Waals surface area contributed by atoms with Crippen molar-refractivity contribution in [3.05, 3.63) is 65.3 Å². The van der Waals surface area contributed by atoms with Gasteiger partial charge in [-0.2, -0.15) is 0 Å². The number of nitrogens with one attached hydrogen (secondary N) is 1. The van der Waals surface area contributed by atoms with E-state index in [4.69, 9.17) is 8.94 Å². The highest BCUT2D eigenvalue weighted by molar-refractivity contribution is 5.92. The summed E-state index contributed by atoms with van der Waals surface area (Å²) in [6, 6.07) is 9.62. The van der Waals surface area contributed by atoms with Gasteiger partial charge in [0.2, 0.25) is 5.76 Å². The Labute approximate surface area is 125 Å². The average Bonchev–Trinajstić information content (AvgIpc) is 3.18. The molecule has 0 aliphatic carbocycles. The van der Waals surface area contributed by atoms with Crippen molar-refractivity contribution in [2.24, 2.45) is 0 Å². The largest absolute Gasteiger partial charge is 0.461 e. The maximum Gasteiger partial charge on any atom is 0.273 e. The molecule has 3 rings (SSSR count). The Hall–Kier alpha value is -2.89. The number of amides is 1. The first-order chi connectivity index (χ1) is 10.6. The van der Waals surface area contributed by atoms with Crippen LogP contribution in [0.1, 0.15) is 21.6 Å². The number of carbonyl (C=O) groups excluding carboxylic acids is 1. The van der Waals surface area contributed by atoms with Gasteiger partial charge < -0.3 is 14.3 Å². The van der Waals surface area contributed by atoms with Crippen molar-refractivity contribution in [2.45, 2.75) is 13.5 Å². The van der Waals surface area contributed by atoms with Gasteiger partial charge in [0.25, 0.3) is 5.91 Å². The first-order valence-corrected chi connectivity index (χ1v) is 6.67. The Balaban J connectivity index is 1.66. The minimum Gasteiger partial charge on any atom is -0.461 e. The summed E-state index contributed by atoms with van der Waals surface area (Å²) < 4.78 is 23.4. The van der Waals surface area contributed by atoms with Gasteiger partial charge in [-0.25, -0.2) is 4.39 Å². The number of nitrogens with zero attached hydrogens (tertiary/aromatic N) is 1. The van der Waals surface area contributed by atoms with Crippen LogP contribution in [0.5, 0.6) is 0 Å². The van der Waals surface area contributed by atoms with Crippen molar-refractivity contribution in [2.75, 3.05) is 0 Å². The van der Waals surface area contributed by atoms with E-state index >= 15 is 0 Å². The lowest BCUT2D eigenvalue weighted by atomic mass is 10.1. The van der Waals surface area contributed by atoms with Crippen LogP contribution < -0.4 is 5.32 Å². The smallest absolute Gasteiger partial charge is 0.273 e. The standard InChI is InChI=1S/C16H13FN2O3/c1-10-7-11(4-5-12(10)17)9-18-16(20)13-8-15(22-19-13)14-3-2-6-21-14/h2-8H,9H2,1H3,(H,18,20). The molecule has 0 atom stereocenters. The summed E-state index contributed by atoms with van der Waals surface area (Å²) in [5.74, 6) is 0.242. The van der Waals surface area contributed by atoms with E-state index in [2.05, 4.69) is 10.5 Å². The Bertz CT molecular complexity index is 794. The normalized spacial score (nSPS) is 10.6. The van der Waals surface area contributed by atoms with Gasteiger partial charge in [0.05, 0.1) is 6.26 Å². The molecule has 0 bridgehead atoms. The minimum atomic E-state index is -0.372. The van der Waals surface area contributed by atoms with E-state index in [0.717, 1.165) is 5.56 Å². The van der Waals surface area contributed by atoms with Crippen LogP contribution in [-0.4, -0.2) is 11.1 Å². The van der Waals surface area contributed by atoms with E-state index < -0.39 is 0 Å². The molecule has 2 aromatic heterocycles. The average molecular weight is 300 g/mol. The van der Waals surface area contributed by atoms with Crippen LogP contribution in [0.4, 0.5) is 4.39 Å². The van der Waals surface area contributed by atoms with Crippen LogP contribution in [-0.2, 0) is 6.54 Å². The second-order valence-electron chi connectivity index (χ2n) is 4.82. The van der Waals surface area contributed by atoms with Crippen molar-refractivity contribution in [3.63, 3.8) is 0 Å². The number of aryl methyl sites for hydroxylation is 1. The van der Waals surface area contributed by atoms with Crippen LogP contribution in [0.15, 0.2) is 51.6 Å². The van der Waals surface area contributed by atoms with Crippen LogP contribution in [0.2, 0.25) is 0 Å². The Morgan fingerprint density at radius 1 is 1.27 bits per heavy atom. The molecule has 0 saturated heterocycles. The van der Waals surface area contributed by atoms with Gasteiger partial charge in [-0.1, -0.05) is 17.3 Å². The zero-order valence-electron chi connectivity index (χ0n) is 11.8. The quantitative estimate of drug-likeness (QED) is 0.802. The second-order valence-corrected chi connectivity index (χ2v) is 4.82. The van der Waals surface area contributed by atoms with E-state index in [-0.39, 0.29) is 24.0 Å². The summed E-state index contributed by atoms with van der Waals surface area (Å²) in [5.41, 5.74) is 1.50. The number of benzene rings is 1. The van der Waals surface area contributed by atoms with Gasteiger partial charge in [0, 0.05) is 12.6 Å². The zero-order chi connectivity index (χ0) is 15.5. The van der Waals surface area contributed by atoms with Crippen LogP contribution in [0.25, 0.3) is 11.5 Å². The third-order valence-electron chi connectivity index (χ3n) is 3.18. The molecule has 2 heterocycles. The fourth-order valence-electron chi connectivity index (χ4n) is 2.01. The molecule has 0 aliphatic rings. The molecule has 22 heavy (non-hydrogen) atoms. The number of rotatable bonds is 4. The van der Waals surface area contributed by atoms with Gasteiger partial charge >= 0.3 is 0 Å². The molecule has 6 heteroatoms. The molecule has 0 fully saturated rings. The molecule has 1 N–H and O–H groups in total. The SMILES string of the molecule is Cc1cc(CNC(=O)c2cc(-c3ccco3)on2)ccc1F. The Kier molecular flexibility index (Phi) is 3.74. The lowest BCUT2D eigenvalue weighted by Crippen LogP contribution is -2.23. The number of halogens is 1. The first-order valence-electron chi connectivity index (χ1n) is 6.67. The van der Waals surface area contributed by atoms with E-state index in [1.807, 2.05) is 0 Å². The number of furan rings is 1. The Morgan fingerprint density at radius 3 is 2.86 bits per heavy atom. The maximum absolute atomic E-state index is 13.2. The molecule has 0 unspecified atom stereocenters. The van der Waals surface area contributed by atoms with E-state index in [9.17, 15) is 9.18 Å². The summed E-state index contributed by atoms with van der Waals surface area (Å²) >= 11 is 0. The van der Waals surface area contributed by atoms with Crippen molar-refractivity contribution < 1.29 is 18.1 Å². The monoisotopic (exact) mass is 300 g/mol. The topological polar surface area (TPSA) is 68.3 Å². The number of hydrogen-bond acceptors (Lipinski definition) is 4. The molecule has 0 radical (unpaired) electrons. The molecule has 5 nitrogen and oxygen atoms in total. The lowest BCUT2D eigenvalue weighted by Gasteiger charge is -2.04. The van der Waals surface area contributed by atoms with Gasteiger partial charge in [-0.3, -0.25) is 4.79 Å². The number of carbonyl (C=O) groups is 1. The van der Waals surface area contributed by atoms with Crippen LogP contribution in [0.3, 0.4) is 0 Å². The summed E-state index contributed by atoms with van der Waals surface area (Å²) in [7, 11) is 0. The van der Waals surface area contributed by atoms with Crippen molar-refractivity contribution >= 4 is 5.91 Å². The molecule has 3 aromatic rings. The van der Waals surface area contributed by atoms with Gasteiger partial charge in [-0.05, 0) is 36.2 Å². The van der Waals surface area contributed by atoms with E-state index in [1.165, 1.54) is 18.4 Å². The number of hydrogen-bond donors (Lipinski definition) is 1. The third kappa shape index (κ3) is 2.90. The molecular weight excluding hydrogens is 287 g/mol. The molecule has 1 aromatic carbocycles. The fraction of sp³-hybridized carbons (Fsp3) is 0.125. The lowest BCUT2D eigenvalue weighted by molar-refractivity contribution is 0.0942. The molecule has 0 aliphatic heterocycles. The van der Waals surface area contributed by atoms with Gasteiger partial charge in [-0.15, -0.1) is 0 Å². The highest BCUT2D eigenvalue weighted by Crippen LogP contribution is 2.20. The van der Waals surface area contributed by atoms with Crippen LogP contribution in [0, 0.1) is 12.7 Å². The van der Waals surface area contributed by atoms with Crippen molar-refractivity contribution in [3.8, 4) is 11.5 Å². The summed E-state index contributed by atoms with van der Waals surface area (Å²) in [5, 5.41) is 6.42. The predicted molar refractivity (Wildman–Crippen MR) is 76.5 cm³/mol. The summed E-state index contributed by atoms with van der Waals surface area (Å²) in [6.45, 7) is 1.96. The molecule has 0 spiro atoms. The number of aromatic nitrogens is 1. The molecule has 112 valence electrons. The van der Waals surface area contributed by atoms with E-state index in [1.54, 1.807) is 31.2 Å². The summed E-state index contributed by atoms with van der Waals surface area (Å²) in [4.78, 5) is 12.0. The maximum atomic E-state index is 13.2. The highest BCUT2D eigenvalue weighted by atomic mass is 19.1. The zero-order valence-corrected chi connectivity index (χ0v) is 11.8. The highest BCUT2D eigenvalue weighted by Gasteiger charge is 2.14. The summed E-state index contributed by atoms with van der Waals surface area (Å²) in [6.07, 6.45) is 1.51. The predicted octanol–water partition coefficient (Wildman–Crippen LogP) is 3.31. The van der Waals surface area contributed by atoms with Gasteiger partial charge in [0.15, 0.2) is 11.5 Å².